The fourth-order valence-electron chi connectivity index (χ4n) is 1.87. The molecule has 0 bridgehead atoms. The third kappa shape index (κ3) is 2.33. The molecule has 1 saturated heterocycles. The molecule has 1 atom stereocenters. The van der Waals surface area contributed by atoms with Crippen LogP contribution in [0.5, 0.6) is 0 Å². The van der Waals surface area contributed by atoms with Crippen molar-refractivity contribution >= 4 is 11.8 Å². The summed E-state index contributed by atoms with van der Waals surface area (Å²) in [6, 6.07) is 1.91. The number of carbonyl (C=O) groups excluding carboxylic acids is 1. The summed E-state index contributed by atoms with van der Waals surface area (Å²) in [5.74, 6) is 0.405. The predicted octanol–water partition coefficient (Wildman–Crippen LogP) is 0.348. The van der Waals surface area contributed by atoms with E-state index >= 15 is 0 Å². The Morgan fingerprint density at radius 3 is 3.00 bits per heavy atom. The second kappa shape index (κ2) is 4.78. The Kier molecular flexibility index (Phi) is 3.19. The van der Waals surface area contributed by atoms with Gasteiger partial charge in [0.15, 0.2) is 5.69 Å². The molecule has 0 saturated carbocycles. The maximum absolute atomic E-state index is 11.4. The van der Waals surface area contributed by atoms with Crippen LogP contribution in [0.3, 0.4) is 0 Å². The van der Waals surface area contributed by atoms with E-state index < -0.39 is 0 Å². The molecule has 2 heterocycles. The van der Waals surface area contributed by atoms with E-state index in [0.717, 1.165) is 13.0 Å². The average molecular weight is 232 g/mol. The minimum absolute atomic E-state index is 0.0996. The molecule has 1 aromatic rings. The summed E-state index contributed by atoms with van der Waals surface area (Å²) >= 11 is 0. The Bertz CT molecular complexity index is 452. The van der Waals surface area contributed by atoms with Crippen molar-refractivity contribution in [3.8, 4) is 6.07 Å². The Morgan fingerprint density at radius 1 is 1.59 bits per heavy atom. The van der Waals surface area contributed by atoms with Crippen LogP contribution in [0.1, 0.15) is 12.1 Å². The zero-order valence-corrected chi connectivity index (χ0v) is 9.46. The molecule has 1 unspecified atom stereocenters. The molecule has 0 aliphatic carbocycles. The summed E-state index contributed by atoms with van der Waals surface area (Å²) in [7, 11) is 1.40. The molecule has 1 fully saturated rings. The van der Waals surface area contributed by atoms with E-state index in [1.165, 1.54) is 13.3 Å². The van der Waals surface area contributed by atoms with Gasteiger partial charge in [-0.15, -0.1) is 0 Å². The average Bonchev–Trinajstić information content (AvgIpc) is 2.87. The second-order valence-corrected chi connectivity index (χ2v) is 3.83. The number of hydrogen-bond donors (Lipinski definition) is 0. The first-order valence-corrected chi connectivity index (χ1v) is 5.29. The van der Waals surface area contributed by atoms with Crippen molar-refractivity contribution in [1.82, 2.24) is 9.97 Å². The van der Waals surface area contributed by atoms with E-state index in [-0.39, 0.29) is 17.6 Å². The Labute approximate surface area is 98.8 Å². The highest BCUT2D eigenvalue weighted by atomic mass is 16.5. The molecule has 0 amide bonds. The number of nitriles is 1. The van der Waals surface area contributed by atoms with Gasteiger partial charge in [0, 0.05) is 13.1 Å². The van der Waals surface area contributed by atoms with Crippen LogP contribution >= 0.6 is 0 Å². The van der Waals surface area contributed by atoms with Gasteiger partial charge in [0.1, 0.15) is 11.9 Å². The van der Waals surface area contributed by atoms with Gasteiger partial charge in [-0.05, 0) is 6.42 Å². The molecule has 0 radical (unpaired) electrons. The molecule has 6 heteroatoms. The molecule has 1 aliphatic heterocycles. The van der Waals surface area contributed by atoms with Crippen LogP contribution in [0, 0.1) is 17.2 Å². The van der Waals surface area contributed by atoms with Gasteiger partial charge in [0.05, 0.1) is 25.4 Å². The standard InChI is InChI=1S/C11H12N4O2/c1-17-11(16)8-2-3-15(7-8)10-6-13-9(4-12)5-14-10/h5-6,8H,2-3,7H2,1H3. The minimum Gasteiger partial charge on any atom is -0.469 e. The summed E-state index contributed by atoms with van der Waals surface area (Å²) < 4.78 is 4.71. The first-order chi connectivity index (χ1) is 8.24. The molecule has 88 valence electrons. The van der Waals surface area contributed by atoms with Gasteiger partial charge in [0.25, 0.3) is 0 Å². The van der Waals surface area contributed by atoms with E-state index in [1.807, 2.05) is 11.0 Å². The highest BCUT2D eigenvalue weighted by Crippen LogP contribution is 2.22. The lowest BCUT2D eigenvalue weighted by molar-refractivity contribution is -0.144. The number of carbonyl (C=O) groups is 1. The number of rotatable bonds is 2. The molecule has 1 aliphatic rings. The normalized spacial score (nSPS) is 18.8. The van der Waals surface area contributed by atoms with Crippen LogP contribution < -0.4 is 4.90 Å². The summed E-state index contributed by atoms with van der Waals surface area (Å²) in [5, 5.41) is 8.61. The monoisotopic (exact) mass is 232 g/mol. The van der Waals surface area contributed by atoms with Crippen molar-refractivity contribution < 1.29 is 9.53 Å². The van der Waals surface area contributed by atoms with Crippen LogP contribution in [-0.4, -0.2) is 36.1 Å². The van der Waals surface area contributed by atoms with Gasteiger partial charge in [0.2, 0.25) is 0 Å². The van der Waals surface area contributed by atoms with Crippen molar-refractivity contribution in [1.29, 1.82) is 5.26 Å². The van der Waals surface area contributed by atoms with Crippen LogP contribution in [-0.2, 0) is 9.53 Å². The maximum Gasteiger partial charge on any atom is 0.310 e. The number of methoxy groups -OCH3 is 1. The van der Waals surface area contributed by atoms with Crippen LogP contribution in [0.25, 0.3) is 0 Å². The second-order valence-electron chi connectivity index (χ2n) is 3.83. The van der Waals surface area contributed by atoms with Crippen LogP contribution in [0.2, 0.25) is 0 Å². The number of ether oxygens (including phenoxy) is 1. The molecule has 0 aromatic carbocycles. The Hall–Kier alpha value is -2.16. The fraction of sp³-hybridized carbons (Fsp3) is 0.455. The Balaban J connectivity index is 2.05. The summed E-state index contributed by atoms with van der Waals surface area (Å²) in [4.78, 5) is 21.4. The van der Waals surface area contributed by atoms with Gasteiger partial charge in [-0.25, -0.2) is 9.97 Å². The van der Waals surface area contributed by atoms with Gasteiger partial charge in [-0.1, -0.05) is 0 Å². The number of hydrogen-bond acceptors (Lipinski definition) is 6. The van der Waals surface area contributed by atoms with Crippen molar-refractivity contribution in [2.75, 3.05) is 25.1 Å². The number of aromatic nitrogens is 2. The summed E-state index contributed by atoms with van der Waals surface area (Å²) in [5.41, 5.74) is 0.289. The van der Waals surface area contributed by atoms with E-state index in [2.05, 4.69) is 9.97 Å². The van der Waals surface area contributed by atoms with Gasteiger partial charge in [-0.2, -0.15) is 5.26 Å². The minimum atomic E-state index is -0.186. The highest BCUT2D eigenvalue weighted by molar-refractivity contribution is 5.73. The smallest absolute Gasteiger partial charge is 0.310 e. The molecule has 6 nitrogen and oxygen atoms in total. The van der Waals surface area contributed by atoms with Crippen molar-refractivity contribution in [2.24, 2.45) is 5.92 Å². The Morgan fingerprint density at radius 2 is 2.41 bits per heavy atom. The highest BCUT2D eigenvalue weighted by Gasteiger charge is 2.29. The lowest BCUT2D eigenvalue weighted by atomic mass is 10.1. The molecule has 2 rings (SSSR count). The third-order valence-corrected chi connectivity index (χ3v) is 2.80. The molecular formula is C11H12N4O2. The predicted molar refractivity (Wildman–Crippen MR) is 59.1 cm³/mol. The third-order valence-electron chi connectivity index (χ3n) is 2.80. The lowest BCUT2D eigenvalue weighted by Gasteiger charge is -2.16. The van der Waals surface area contributed by atoms with Crippen molar-refractivity contribution in [2.45, 2.75) is 6.42 Å². The topological polar surface area (TPSA) is 79.1 Å². The number of anilines is 1. The number of esters is 1. The zero-order valence-electron chi connectivity index (χ0n) is 9.46. The number of nitrogens with zero attached hydrogens (tertiary/aromatic N) is 4. The molecule has 0 N–H and O–H groups in total. The van der Waals surface area contributed by atoms with E-state index in [9.17, 15) is 4.79 Å². The van der Waals surface area contributed by atoms with Crippen LogP contribution in [0.4, 0.5) is 5.82 Å². The zero-order chi connectivity index (χ0) is 12.3. The van der Waals surface area contributed by atoms with Gasteiger partial charge >= 0.3 is 5.97 Å². The molecule has 0 spiro atoms. The molecular weight excluding hydrogens is 220 g/mol. The largest absolute Gasteiger partial charge is 0.469 e. The first kappa shape index (κ1) is 11.3. The first-order valence-electron chi connectivity index (χ1n) is 5.29. The molecule has 17 heavy (non-hydrogen) atoms. The lowest BCUT2D eigenvalue weighted by Crippen LogP contribution is -2.24. The van der Waals surface area contributed by atoms with E-state index in [0.29, 0.717) is 12.4 Å². The van der Waals surface area contributed by atoms with Crippen molar-refractivity contribution in [3.05, 3.63) is 18.1 Å². The molecule has 1 aromatic heterocycles. The summed E-state index contributed by atoms with van der Waals surface area (Å²) in [6.07, 6.45) is 3.74. The van der Waals surface area contributed by atoms with Gasteiger partial charge in [-0.3, -0.25) is 4.79 Å². The SMILES string of the molecule is COC(=O)C1CCN(c2cnc(C#N)cn2)C1. The van der Waals surface area contributed by atoms with Crippen molar-refractivity contribution in [3.63, 3.8) is 0 Å². The van der Waals surface area contributed by atoms with E-state index in [4.69, 9.17) is 10.00 Å². The fourth-order valence-corrected chi connectivity index (χ4v) is 1.87. The van der Waals surface area contributed by atoms with E-state index in [1.54, 1.807) is 6.20 Å². The quantitative estimate of drug-likeness (QED) is 0.684. The van der Waals surface area contributed by atoms with Gasteiger partial charge < -0.3 is 9.64 Å². The maximum atomic E-state index is 11.4. The van der Waals surface area contributed by atoms with Crippen LogP contribution in [0.15, 0.2) is 12.4 Å². The summed E-state index contributed by atoms with van der Waals surface area (Å²) in [6.45, 7) is 1.34.